The molecule has 0 amide bonds. The normalized spacial score (nSPS) is 15.8. The average molecular weight is 875 g/mol. The molecule has 1 N–H and O–H groups in total. The number of aromatic nitrogens is 1. The van der Waals surface area contributed by atoms with E-state index >= 15 is 0 Å². The molecule has 4 aromatic rings. The summed E-state index contributed by atoms with van der Waals surface area (Å²) < 4.78 is 0. The number of benzene rings is 3. The van der Waals surface area contributed by atoms with E-state index in [0.717, 1.165) is 43.4 Å². The first-order chi connectivity index (χ1) is 24.0. The van der Waals surface area contributed by atoms with Gasteiger partial charge in [0.15, 0.2) is 5.78 Å². The molecule has 0 fully saturated rings. The number of nitrogens with zero attached hydrogens (tertiary/aromatic N) is 1. The summed E-state index contributed by atoms with van der Waals surface area (Å²) in [5.74, 6) is 0.929. The van der Waals surface area contributed by atoms with Gasteiger partial charge in [-0.15, -0.1) is 29.3 Å². The Morgan fingerprint density at radius 3 is 2.06 bits per heavy atom. The second-order valence-electron chi connectivity index (χ2n) is 17.0. The Balaban J connectivity index is 0.000000289. The molecule has 0 saturated heterocycles. The summed E-state index contributed by atoms with van der Waals surface area (Å²) in [6.45, 7) is 26.1. The van der Waals surface area contributed by atoms with E-state index < -0.39 is 0 Å². The quantitative estimate of drug-likeness (QED) is 0.0981. The van der Waals surface area contributed by atoms with Gasteiger partial charge in [-0.2, -0.15) is 0 Å². The number of aliphatic hydroxyl groups is 1. The van der Waals surface area contributed by atoms with Gasteiger partial charge in [-0.1, -0.05) is 137 Å². The van der Waals surface area contributed by atoms with Crippen molar-refractivity contribution in [3.05, 3.63) is 113 Å². The van der Waals surface area contributed by atoms with Crippen LogP contribution in [0.3, 0.4) is 0 Å². The molecule has 1 heterocycles. The second kappa shape index (κ2) is 15.6. The number of rotatable bonds is 10. The van der Waals surface area contributed by atoms with Crippen molar-refractivity contribution in [2.24, 2.45) is 16.7 Å². The van der Waals surface area contributed by atoms with Crippen LogP contribution < -0.4 is 0 Å². The zero-order valence-corrected chi connectivity index (χ0v) is 36.1. The first-order valence-corrected chi connectivity index (χ1v) is 19.2. The molecule has 0 aliphatic heterocycles. The molecule has 279 valence electrons. The summed E-state index contributed by atoms with van der Waals surface area (Å²) in [5.41, 5.74) is 11.3. The van der Waals surface area contributed by atoms with Crippen molar-refractivity contribution in [2.45, 2.75) is 126 Å². The minimum absolute atomic E-state index is 0. The van der Waals surface area contributed by atoms with Crippen LogP contribution in [0.5, 0.6) is 0 Å². The van der Waals surface area contributed by atoms with Gasteiger partial charge in [0.25, 0.3) is 0 Å². The largest absolute Gasteiger partial charge is 0.512 e. The van der Waals surface area contributed by atoms with Gasteiger partial charge in [-0.25, -0.2) is 0 Å². The van der Waals surface area contributed by atoms with Crippen LogP contribution in [-0.2, 0) is 42.2 Å². The van der Waals surface area contributed by atoms with Crippen LogP contribution in [0.15, 0.2) is 78.7 Å². The fraction of sp³-hybridized carbons (Fsp3) is 0.458. The van der Waals surface area contributed by atoms with E-state index in [-0.39, 0.29) is 53.3 Å². The maximum absolute atomic E-state index is 12.2. The van der Waals surface area contributed by atoms with E-state index in [2.05, 4.69) is 108 Å². The van der Waals surface area contributed by atoms with Gasteiger partial charge < -0.3 is 10.1 Å². The number of hydrogen-bond acceptors (Lipinski definition) is 3. The molecular weight excluding hydrogens is 815 g/mol. The van der Waals surface area contributed by atoms with Crippen molar-refractivity contribution in [3.8, 4) is 11.3 Å². The van der Waals surface area contributed by atoms with Gasteiger partial charge >= 0.3 is 0 Å². The second-order valence-corrected chi connectivity index (χ2v) is 17.0. The third kappa shape index (κ3) is 7.28. The van der Waals surface area contributed by atoms with Crippen LogP contribution in [0.1, 0.15) is 137 Å². The predicted octanol–water partition coefficient (Wildman–Crippen LogP) is 13.0. The van der Waals surface area contributed by atoms with Gasteiger partial charge in [0.2, 0.25) is 0 Å². The number of ketones is 1. The van der Waals surface area contributed by atoms with Gasteiger partial charge in [-0.3, -0.25) is 4.79 Å². The Labute approximate surface area is 327 Å². The number of hydrogen-bond donors (Lipinski definition) is 1. The van der Waals surface area contributed by atoms with E-state index in [1.54, 1.807) is 0 Å². The number of carbonyl (C=O) groups excluding carboxylic acids is 1. The predicted molar refractivity (Wildman–Crippen MR) is 217 cm³/mol. The molecule has 1 radical (unpaired) electrons. The molecule has 0 spiro atoms. The Morgan fingerprint density at radius 2 is 1.44 bits per heavy atom. The molecule has 0 unspecified atom stereocenters. The molecule has 4 heteroatoms. The summed E-state index contributed by atoms with van der Waals surface area (Å²) in [5, 5.41) is 12.6. The third-order valence-corrected chi connectivity index (χ3v) is 12.5. The Bertz CT molecular complexity index is 2000. The van der Waals surface area contributed by atoms with Crippen LogP contribution >= 0.6 is 0 Å². The van der Waals surface area contributed by atoms with Crippen molar-refractivity contribution in [1.82, 2.24) is 4.98 Å². The molecule has 6 rings (SSSR count). The van der Waals surface area contributed by atoms with Crippen molar-refractivity contribution in [3.63, 3.8) is 0 Å². The van der Waals surface area contributed by atoms with Crippen molar-refractivity contribution < 1.29 is 30.0 Å². The zero-order chi connectivity index (χ0) is 37.5. The number of fused-ring (bicyclic) bond motifs is 5. The maximum atomic E-state index is 12.2. The monoisotopic (exact) mass is 875 g/mol. The van der Waals surface area contributed by atoms with Crippen LogP contribution in [-0.4, -0.2) is 15.9 Å². The smallest absolute Gasteiger partial charge is 0.164 e. The molecule has 0 saturated carbocycles. The summed E-state index contributed by atoms with van der Waals surface area (Å²) in [6.07, 6.45) is 7.88. The zero-order valence-electron chi connectivity index (χ0n) is 33.7. The minimum Gasteiger partial charge on any atom is -0.512 e. The van der Waals surface area contributed by atoms with E-state index in [0.29, 0.717) is 5.92 Å². The first kappa shape index (κ1) is 41.4. The molecule has 3 aromatic carbocycles. The number of aliphatic hydroxyl groups excluding tert-OH is 1. The topological polar surface area (TPSA) is 50.2 Å². The van der Waals surface area contributed by atoms with Crippen molar-refractivity contribution in [1.29, 1.82) is 0 Å². The van der Waals surface area contributed by atoms with Gasteiger partial charge in [0.1, 0.15) is 5.76 Å². The molecule has 1 aromatic heterocycles. The molecule has 2 aliphatic carbocycles. The van der Waals surface area contributed by atoms with E-state index in [1.807, 2.05) is 47.7 Å². The molecule has 3 nitrogen and oxygen atoms in total. The minimum atomic E-state index is -0.337. The van der Waals surface area contributed by atoms with E-state index in [4.69, 9.17) is 4.98 Å². The fourth-order valence-corrected chi connectivity index (χ4v) is 8.24. The van der Waals surface area contributed by atoms with Crippen LogP contribution in [0.2, 0.25) is 0 Å². The Kier molecular flexibility index (Phi) is 12.4. The van der Waals surface area contributed by atoms with E-state index in [1.165, 1.54) is 55.8 Å². The number of pyridine rings is 1. The van der Waals surface area contributed by atoms with Gasteiger partial charge in [-0.05, 0) is 87.7 Å². The summed E-state index contributed by atoms with van der Waals surface area (Å²) in [7, 11) is 0. The van der Waals surface area contributed by atoms with Gasteiger partial charge in [0.05, 0.1) is 0 Å². The van der Waals surface area contributed by atoms with Crippen LogP contribution in [0, 0.1) is 22.8 Å². The van der Waals surface area contributed by atoms with Crippen molar-refractivity contribution in [2.75, 3.05) is 0 Å². The van der Waals surface area contributed by atoms with Crippen LogP contribution in [0.25, 0.3) is 33.2 Å². The summed E-state index contributed by atoms with van der Waals surface area (Å²) in [6, 6.07) is 26.0. The van der Waals surface area contributed by atoms with E-state index in [9.17, 15) is 9.90 Å². The third-order valence-electron chi connectivity index (χ3n) is 12.5. The molecule has 0 atom stereocenters. The average Bonchev–Trinajstić information content (AvgIpc) is 3.52. The molecular formula is C48H60IrNO2-. The first-order valence-electron chi connectivity index (χ1n) is 19.2. The molecule has 52 heavy (non-hydrogen) atoms. The number of allylic oxidation sites excluding steroid dienone is 4. The standard InChI is InChI=1S/C33H32N.C15H28O2.Ir/c1-20(2)16-21-14-15-22-19-34-28(18-23(22)17-21)25-11-9-12-26-29(25)33(5,6)30-24-10-7-8-13-27(24)32(3,4)31(26)30;1-7-14(5,8-2)12(16)11-13(17)15(6,9-3)10-4;/h7-10,12-15,17-20H,16H2,1-6H3;11,16H,7-10H2,1-6H3;/q-1;;/b;12-11-;. The van der Waals surface area contributed by atoms with Crippen LogP contribution in [0.4, 0.5) is 0 Å². The summed E-state index contributed by atoms with van der Waals surface area (Å²) in [4.78, 5) is 17.1. The van der Waals surface area contributed by atoms with Crippen molar-refractivity contribution >= 4 is 27.7 Å². The number of carbonyl (C=O) groups is 1. The fourth-order valence-electron chi connectivity index (χ4n) is 8.24. The Hall–Kier alpha value is -3.33. The molecule has 0 bridgehead atoms. The van der Waals surface area contributed by atoms with Gasteiger partial charge in [0, 0.05) is 48.6 Å². The Morgan fingerprint density at radius 1 is 0.827 bits per heavy atom. The maximum Gasteiger partial charge on any atom is 0.164 e. The summed E-state index contributed by atoms with van der Waals surface area (Å²) >= 11 is 0. The SMILES string of the molecule is CC(C)Cc1ccc2cnc(-c3[c-]ccc4c3C(C)(C)C3=C4C(C)(C)c4ccccc43)cc2c1.CCC(C)(CC)C(=O)/C=C(\O)C(C)(CC)CC.[Ir]. The molecule has 2 aliphatic rings.